The molecule has 1 aromatic carbocycles. The Morgan fingerprint density at radius 3 is 2.46 bits per heavy atom. The molecule has 0 aliphatic heterocycles. The monoisotopic (exact) mass is 333 g/mol. The van der Waals surface area contributed by atoms with Crippen molar-refractivity contribution in [1.82, 2.24) is 10.2 Å². The maximum atomic E-state index is 12.3. The average Bonchev–Trinajstić information content (AvgIpc) is 2.51. The topological polar surface area (TPSA) is 121 Å². The number of H-pyrrole nitrogens is 1. The quantitative estimate of drug-likeness (QED) is 0.722. The summed E-state index contributed by atoms with van der Waals surface area (Å²) in [4.78, 5) is 36.2. The molecule has 0 atom stereocenters. The van der Waals surface area contributed by atoms with Gasteiger partial charge in [-0.05, 0) is 31.9 Å². The number of esters is 1. The molecule has 1 amide bonds. The number of amides is 1. The van der Waals surface area contributed by atoms with Crippen molar-refractivity contribution in [2.24, 2.45) is 0 Å². The summed E-state index contributed by atoms with van der Waals surface area (Å²) in [5.41, 5.74) is 1.04. The van der Waals surface area contributed by atoms with E-state index >= 15 is 0 Å². The zero-order valence-electron chi connectivity index (χ0n) is 13.9. The number of aliphatic hydroxyl groups is 1. The summed E-state index contributed by atoms with van der Waals surface area (Å²) in [6.45, 7) is 6.01. The molecule has 0 saturated carbocycles. The number of nitrogens with one attached hydrogen (secondary N) is 2. The number of carbonyl (C=O) groups is 2. The highest BCUT2D eigenvalue weighted by molar-refractivity contribution is 6.10. The van der Waals surface area contributed by atoms with E-state index in [1.165, 1.54) is 6.92 Å². The van der Waals surface area contributed by atoms with Crippen LogP contribution in [-0.4, -0.2) is 33.8 Å². The number of hydrogen-bond donors (Lipinski definition) is 3. The van der Waals surface area contributed by atoms with Gasteiger partial charge >= 0.3 is 5.97 Å². The molecule has 8 heteroatoms. The summed E-state index contributed by atoms with van der Waals surface area (Å²) in [5.74, 6) is -0.954. The van der Waals surface area contributed by atoms with E-state index in [0.717, 1.165) is 0 Å². The second kappa shape index (κ2) is 6.79. The molecule has 0 fully saturated rings. The van der Waals surface area contributed by atoms with Crippen molar-refractivity contribution in [3.05, 3.63) is 32.7 Å². The van der Waals surface area contributed by atoms with Gasteiger partial charge < -0.3 is 15.2 Å². The van der Waals surface area contributed by atoms with Crippen LogP contribution in [0.1, 0.15) is 41.0 Å². The van der Waals surface area contributed by atoms with Gasteiger partial charge in [0.05, 0.1) is 35.5 Å². The predicted octanol–water partition coefficient (Wildman–Crippen LogP) is 1.17. The van der Waals surface area contributed by atoms with Crippen LogP contribution in [0.5, 0.6) is 0 Å². The molecule has 8 nitrogen and oxygen atoms in total. The molecule has 0 radical (unpaired) electrons. The average molecular weight is 333 g/mol. The first kappa shape index (κ1) is 17.6. The summed E-state index contributed by atoms with van der Waals surface area (Å²) in [6, 6.07) is 0. The first-order valence-corrected chi connectivity index (χ1v) is 7.43. The van der Waals surface area contributed by atoms with Crippen LogP contribution < -0.4 is 10.9 Å². The lowest BCUT2D eigenvalue weighted by molar-refractivity contribution is -0.114. The first-order valence-electron chi connectivity index (χ1n) is 7.43. The minimum absolute atomic E-state index is 0.180. The van der Waals surface area contributed by atoms with E-state index in [-0.39, 0.29) is 34.8 Å². The van der Waals surface area contributed by atoms with Gasteiger partial charge in [-0.1, -0.05) is 0 Å². The summed E-state index contributed by atoms with van der Waals surface area (Å²) < 4.78 is 5.07. The van der Waals surface area contributed by atoms with Crippen molar-refractivity contribution in [2.75, 3.05) is 11.9 Å². The van der Waals surface area contributed by atoms with Gasteiger partial charge in [-0.2, -0.15) is 5.10 Å². The molecule has 24 heavy (non-hydrogen) atoms. The van der Waals surface area contributed by atoms with Gasteiger partial charge in [-0.25, -0.2) is 9.89 Å². The minimum atomic E-state index is -0.581. The van der Waals surface area contributed by atoms with Gasteiger partial charge in [0.15, 0.2) is 0 Å². The number of anilines is 1. The van der Waals surface area contributed by atoms with Gasteiger partial charge in [0.2, 0.25) is 5.91 Å². The second-order valence-electron chi connectivity index (χ2n) is 5.31. The highest BCUT2D eigenvalue weighted by Crippen LogP contribution is 2.34. The van der Waals surface area contributed by atoms with E-state index in [2.05, 4.69) is 15.5 Å². The molecule has 0 saturated heterocycles. The Balaban J connectivity index is 3.02. The van der Waals surface area contributed by atoms with Gasteiger partial charge in [0, 0.05) is 12.3 Å². The minimum Gasteiger partial charge on any atom is -0.462 e. The molecule has 0 spiro atoms. The SMILES string of the molecule is CCOC(=O)c1c(C)c(NC(C)=O)c2c(CO)n[nH]c(=O)c2c1C. The van der Waals surface area contributed by atoms with E-state index in [9.17, 15) is 19.5 Å². The number of benzene rings is 1. The van der Waals surface area contributed by atoms with Crippen molar-refractivity contribution in [2.45, 2.75) is 34.3 Å². The highest BCUT2D eigenvalue weighted by Gasteiger charge is 2.24. The Morgan fingerprint density at radius 2 is 1.92 bits per heavy atom. The smallest absolute Gasteiger partial charge is 0.338 e. The third-order valence-corrected chi connectivity index (χ3v) is 3.74. The van der Waals surface area contributed by atoms with Crippen LogP contribution in [0.3, 0.4) is 0 Å². The summed E-state index contributed by atoms with van der Waals surface area (Å²) in [7, 11) is 0. The maximum Gasteiger partial charge on any atom is 0.338 e. The summed E-state index contributed by atoms with van der Waals surface area (Å²) in [6.07, 6.45) is 0. The number of ether oxygens (including phenoxy) is 1. The molecule has 1 aromatic heterocycles. The van der Waals surface area contributed by atoms with E-state index in [1.807, 2.05) is 0 Å². The molecule has 0 unspecified atom stereocenters. The molecule has 3 N–H and O–H groups in total. The third-order valence-electron chi connectivity index (χ3n) is 3.74. The van der Waals surface area contributed by atoms with Gasteiger partial charge in [-0.3, -0.25) is 9.59 Å². The van der Waals surface area contributed by atoms with Crippen molar-refractivity contribution in [3.8, 4) is 0 Å². The summed E-state index contributed by atoms with van der Waals surface area (Å²) in [5, 5.41) is 18.8. The third kappa shape index (κ3) is 2.88. The number of carbonyl (C=O) groups excluding carboxylic acids is 2. The Hall–Kier alpha value is -2.74. The zero-order valence-corrected chi connectivity index (χ0v) is 13.9. The number of aromatic amines is 1. The van der Waals surface area contributed by atoms with Crippen molar-refractivity contribution in [1.29, 1.82) is 0 Å². The lowest BCUT2D eigenvalue weighted by Crippen LogP contribution is -2.20. The molecule has 0 aliphatic rings. The molecule has 2 aromatic rings. The number of fused-ring (bicyclic) bond motifs is 1. The first-order chi connectivity index (χ1) is 11.3. The largest absolute Gasteiger partial charge is 0.462 e. The molecule has 0 aliphatic carbocycles. The lowest BCUT2D eigenvalue weighted by Gasteiger charge is -2.18. The van der Waals surface area contributed by atoms with Crippen LogP contribution >= 0.6 is 0 Å². The van der Waals surface area contributed by atoms with Crippen LogP contribution in [0.25, 0.3) is 10.8 Å². The van der Waals surface area contributed by atoms with E-state index in [4.69, 9.17) is 4.74 Å². The lowest BCUT2D eigenvalue weighted by atomic mass is 9.93. The number of aliphatic hydroxyl groups excluding tert-OH is 1. The van der Waals surface area contributed by atoms with Gasteiger partial charge in [-0.15, -0.1) is 0 Å². The standard InChI is InChI=1S/C16H19N3O5/c1-5-24-16(23)11-7(2)12-13(10(6-20)18-19-15(12)22)14(8(11)3)17-9(4)21/h20H,5-6H2,1-4H3,(H,17,21)(H,19,22). The molecular formula is C16H19N3O5. The van der Waals surface area contributed by atoms with Gasteiger partial charge in [0.25, 0.3) is 5.56 Å². The van der Waals surface area contributed by atoms with Gasteiger partial charge in [0.1, 0.15) is 0 Å². The fourth-order valence-corrected chi connectivity index (χ4v) is 2.79. The highest BCUT2D eigenvalue weighted by atomic mass is 16.5. The fourth-order valence-electron chi connectivity index (χ4n) is 2.79. The molecule has 1 heterocycles. The second-order valence-corrected chi connectivity index (χ2v) is 5.31. The molecule has 128 valence electrons. The number of nitrogens with zero attached hydrogens (tertiary/aromatic N) is 1. The summed E-state index contributed by atoms with van der Waals surface area (Å²) >= 11 is 0. The Bertz CT molecular complexity index is 886. The van der Waals surface area contributed by atoms with Crippen molar-refractivity contribution >= 4 is 28.3 Å². The van der Waals surface area contributed by atoms with Crippen LogP contribution in [-0.2, 0) is 16.1 Å². The van der Waals surface area contributed by atoms with Crippen LogP contribution in [0.4, 0.5) is 5.69 Å². The van der Waals surface area contributed by atoms with Crippen LogP contribution in [0.15, 0.2) is 4.79 Å². The number of hydrogen-bond acceptors (Lipinski definition) is 6. The number of aromatic nitrogens is 2. The normalized spacial score (nSPS) is 10.7. The maximum absolute atomic E-state index is 12.3. The Morgan fingerprint density at radius 1 is 1.25 bits per heavy atom. The molecule has 0 bridgehead atoms. The Kier molecular flexibility index (Phi) is 4.99. The van der Waals surface area contributed by atoms with Crippen LogP contribution in [0.2, 0.25) is 0 Å². The fraction of sp³-hybridized carbons (Fsp3) is 0.375. The predicted molar refractivity (Wildman–Crippen MR) is 88.0 cm³/mol. The molecular weight excluding hydrogens is 314 g/mol. The van der Waals surface area contributed by atoms with Crippen LogP contribution in [0, 0.1) is 13.8 Å². The number of rotatable bonds is 4. The zero-order chi connectivity index (χ0) is 18.0. The number of aryl methyl sites for hydroxylation is 1. The van der Waals surface area contributed by atoms with E-state index in [0.29, 0.717) is 16.5 Å². The van der Waals surface area contributed by atoms with Crippen molar-refractivity contribution in [3.63, 3.8) is 0 Å². The van der Waals surface area contributed by atoms with E-state index < -0.39 is 18.1 Å². The Labute approximate surface area is 137 Å². The van der Waals surface area contributed by atoms with E-state index in [1.54, 1.807) is 20.8 Å². The van der Waals surface area contributed by atoms with Crippen molar-refractivity contribution < 1.29 is 19.4 Å². The molecule has 2 rings (SSSR count).